The van der Waals surface area contributed by atoms with E-state index < -0.39 is 18.2 Å². The lowest BCUT2D eigenvalue weighted by Crippen LogP contribution is -2.26. The molecule has 0 saturated heterocycles. The topological polar surface area (TPSA) is 114 Å². The lowest BCUT2D eigenvalue weighted by atomic mass is 9.98. The Kier molecular flexibility index (Phi) is 7.65. The molecule has 0 heterocycles. The van der Waals surface area contributed by atoms with Crippen LogP contribution in [0.15, 0.2) is 79.4 Å². The van der Waals surface area contributed by atoms with Crippen LogP contribution in [0.4, 0.5) is 9.59 Å². The molecule has 0 bridgehead atoms. The van der Waals surface area contributed by atoms with Crippen LogP contribution in [-0.2, 0) is 22.6 Å². The Morgan fingerprint density at radius 1 is 0.833 bits per heavy atom. The lowest BCUT2D eigenvalue weighted by Gasteiger charge is -2.15. The molecule has 184 valence electrons. The van der Waals surface area contributed by atoms with E-state index in [0.29, 0.717) is 11.1 Å². The Hall–Kier alpha value is -4.59. The number of carboxylic acids is 1. The number of benzene rings is 3. The molecule has 0 fully saturated rings. The summed E-state index contributed by atoms with van der Waals surface area (Å²) in [6, 6.07) is 20.8. The maximum Gasteiger partial charge on any atom is 0.407 e. The van der Waals surface area contributed by atoms with E-state index in [1.807, 2.05) is 36.4 Å². The van der Waals surface area contributed by atoms with Gasteiger partial charge in [0.1, 0.15) is 13.2 Å². The van der Waals surface area contributed by atoms with Crippen molar-refractivity contribution in [2.75, 3.05) is 13.2 Å². The zero-order chi connectivity index (χ0) is 25.5. The highest BCUT2D eigenvalue weighted by molar-refractivity contribution is 5.88. The number of ether oxygens (including phenoxy) is 2. The van der Waals surface area contributed by atoms with Gasteiger partial charge in [-0.05, 0) is 45.5 Å². The lowest BCUT2D eigenvalue weighted by molar-refractivity contribution is 0.0696. The van der Waals surface area contributed by atoms with Crippen LogP contribution in [0, 0.1) is 0 Å². The molecular weight excluding hydrogens is 460 g/mol. The van der Waals surface area contributed by atoms with Crippen molar-refractivity contribution in [3.05, 3.63) is 107 Å². The molecule has 0 saturated carbocycles. The molecule has 0 atom stereocenters. The predicted molar refractivity (Wildman–Crippen MR) is 134 cm³/mol. The summed E-state index contributed by atoms with van der Waals surface area (Å²) in [6.07, 6.45) is 0.191. The van der Waals surface area contributed by atoms with E-state index in [2.05, 4.69) is 29.3 Å². The minimum atomic E-state index is -1.12. The summed E-state index contributed by atoms with van der Waals surface area (Å²) in [5.74, 6) is -1.18. The largest absolute Gasteiger partial charge is 0.478 e. The Labute approximate surface area is 208 Å². The third kappa shape index (κ3) is 5.72. The smallest absolute Gasteiger partial charge is 0.407 e. The maximum atomic E-state index is 12.5. The van der Waals surface area contributed by atoms with E-state index in [1.54, 1.807) is 6.07 Å². The van der Waals surface area contributed by atoms with Crippen LogP contribution in [0.25, 0.3) is 11.1 Å². The van der Waals surface area contributed by atoms with Crippen molar-refractivity contribution >= 4 is 18.2 Å². The monoisotopic (exact) mass is 486 g/mol. The number of fused-ring (bicyclic) bond motifs is 3. The van der Waals surface area contributed by atoms with Gasteiger partial charge in [-0.1, -0.05) is 67.3 Å². The first-order valence-corrected chi connectivity index (χ1v) is 11.4. The van der Waals surface area contributed by atoms with Crippen LogP contribution in [0.3, 0.4) is 0 Å². The van der Waals surface area contributed by atoms with Gasteiger partial charge in [-0.2, -0.15) is 0 Å². The normalized spacial score (nSPS) is 11.7. The van der Waals surface area contributed by atoms with Gasteiger partial charge in [0.15, 0.2) is 0 Å². The van der Waals surface area contributed by atoms with Crippen molar-refractivity contribution in [1.82, 2.24) is 10.6 Å². The van der Waals surface area contributed by atoms with Gasteiger partial charge in [-0.3, -0.25) is 0 Å². The highest BCUT2D eigenvalue weighted by atomic mass is 16.6. The molecule has 0 aliphatic heterocycles. The van der Waals surface area contributed by atoms with E-state index in [9.17, 15) is 19.5 Å². The quantitative estimate of drug-likeness (QED) is 0.373. The molecule has 1 aliphatic rings. The van der Waals surface area contributed by atoms with Gasteiger partial charge in [0.05, 0.1) is 5.56 Å². The number of alkyl carbamates (subject to hydrolysis) is 2. The zero-order valence-corrected chi connectivity index (χ0v) is 19.5. The van der Waals surface area contributed by atoms with Gasteiger partial charge in [0, 0.05) is 19.0 Å². The van der Waals surface area contributed by atoms with E-state index in [0.717, 1.165) is 22.3 Å². The standard InChI is InChI=1S/C28H26N2O6/c1-2-11-35-27(33)29-15-18-12-19(14-20(13-18)26(31)32)16-30-28(34)36-17-25-23-9-5-3-7-21(23)22-8-4-6-10-24(22)25/h2-10,12-14,25H,1,11,15-17H2,(H,29,33)(H,30,34)(H,31,32). The molecule has 36 heavy (non-hydrogen) atoms. The van der Waals surface area contributed by atoms with Crippen molar-refractivity contribution < 1.29 is 29.0 Å². The number of aromatic carboxylic acids is 1. The molecule has 1 aliphatic carbocycles. The molecule has 2 amide bonds. The van der Waals surface area contributed by atoms with Crippen LogP contribution in [-0.4, -0.2) is 36.5 Å². The summed E-state index contributed by atoms with van der Waals surface area (Å²) in [5.41, 5.74) is 5.66. The molecule has 3 aromatic carbocycles. The Bertz CT molecular complexity index is 1260. The first-order chi connectivity index (χ1) is 17.5. The summed E-state index contributed by atoms with van der Waals surface area (Å²) in [7, 11) is 0. The molecule has 0 unspecified atom stereocenters. The van der Waals surface area contributed by atoms with Crippen LogP contribution in [0.2, 0.25) is 0 Å². The van der Waals surface area contributed by atoms with E-state index >= 15 is 0 Å². The van der Waals surface area contributed by atoms with Gasteiger partial charge in [0.2, 0.25) is 0 Å². The summed E-state index contributed by atoms with van der Waals surface area (Å²) >= 11 is 0. The molecule has 3 aromatic rings. The van der Waals surface area contributed by atoms with Gasteiger partial charge >= 0.3 is 18.2 Å². The minimum Gasteiger partial charge on any atom is -0.478 e. The highest BCUT2D eigenvalue weighted by Gasteiger charge is 2.29. The van der Waals surface area contributed by atoms with Crippen molar-refractivity contribution in [3.63, 3.8) is 0 Å². The molecule has 8 heteroatoms. The highest BCUT2D eigenvalue weighted by Crippen LogP contribution is 2.44. The molecule has 3 N–H and O–H groups in total. The Morgan fingerprint density at radius 2 is 1.36 bits per heavy atom. The summed E-state index contributed by atoms with van der Waals surface area (Å²) < 4.78 is 10.4. The van der Waals surface area contributed by atoms with Gasteiger partial charge in [0.25, 0.3) is 0 Å². The number of carbonyl (C=O) groups is 3. The SMILES string of the molecule is C=CCOC(=O)NCc1cc(CNC(=O)OCC2c3ccccc3-c3ccccc32)cc(C(=O)O)c1. The van der Waals surface area contributed by atoms with E-state index in [4.69, 9.17) is 9.47 Å². The molecule has 8 nitrogen and oxygen atoms in total. The maximum absolute atomic E-state index is 12.5. The van der Waals surface area contributed by atoms with Crippen molar-refractivity contribution in [1.29, 1.82) is 0 Å². The second-order valence-electron chi connectivity index (χ2n) is 8.26. The van der Waals surface area contributed by atoms with Crippen LogP contribution >= 0.6 is 0 Å². The predicted octanol–water partition coefficient (Wildman–Crippen LogP) is 4.84. The molecule has 0 aromatic heterocycles. The van der Waals surface area contributed by atoms with E-state index in [-0.39, 0.29) is 37.8 Å². The van der Waals surface area contributed by atoms with Crippen LogP contribution in [0.1, 0.15) is 38.5 Å². The number of amides is 2. The zero-order valence-electron chi connectivity index (χ0n) is 19.5. The summed E-state index contributed by atoms with van der Waals surface area (Å²) in [4.78, 5) is 35.7. The minimum absolute atomic E-state index is 0.0399. The van der Waals surface area contributed by atoms with E-state index in [1.165, 1.54) is 18.2 Å². The Balaban J connectivity index is 1.37. The fourth-order valence-electron chi connectivity index (χ4n) is 4.27. The van der Waals surface area contributed by atoms with Gasteiger partial charge in [-0.25, -0.2) is 14.4 Å². The molecular formula is C28H26N2O6. The molecule has 0 radical (unpaired) electrons. The third-order valence-corrected chi connectivity index (χ3v) is 5.85. The average molecular weight is 487 g/mol. The number of rotatable bonds is 9. The Morgan fingerprint density at radius 3 is 1.89 bits per heavy atom. The second-order valence-corrected chi connectivity index (χ2v) is 8.26. The summed E-state index contributed by atoms with van der Waals surface area (Å²) in [5, 5.41) is 14.7. The van der Waals surface area contributed by atoms with Crippen LogP contribution < -0.4 is 10.6 Å². The van der Waals surface area contributed by atoms with Gasteiger partial charge in [-0.15, -0.1) is 0 Å². The number of hydrogen-bond donors (Lipinski definition) is 3. The number of hydrogen-bond acceptors (Lipinski definition) is 5. The van der Waals surface area contributed by atoms with Crippen molar-refractivity contribution in [2.24, 2.45) is 0 Å². The number of carboxylic acid groups (broad SMARTS) is 1. The van der Waals surface area contributed by atoms with Gasteiger partial charge < -0.3 is 25.2 Å². The third-order valence-electron chi connectivity index (χ3n) is 5.85. The number of nitrogens with one attached hydrogen (secondary N) is 2. The summed E-state index contributed by atoms with van der Waals surface area (Å²) in [6.45, 7) is 3.84. The van der Waals surface area contributed by atoms with Crippen molar-refractivity contribution in [3.8, 4) is 11.1 Å². The fourth-order valence-corrected chi connectivity index (χ4v) is 4.27. The first kappa shape index (κ1) is 24.5. The number of carbonyl (C=O) groups excluding carboxylic acids is 2. The fraction of sp³-hybridized carbons (Fsp3) is 0.179. The molecule has 0 spiro atoms. The van der Waals surface area contributed by atoms with Crippen molar-refractivity contribution in [2.45, 2.75) is 19.0 Å². The molecule has 4 rings (SSSR count). The average Bonchev–Trinajstić information content (AvgIpc) is 3.22. The second kappa shape index (κ2) is 11.2. The first-order valence-electron chi connectivity index (χ1n) is 11.4. The van der Waals surface area contributed by atoms with Crippen LogP contribution in [0.5, 0.6) is 0 Å².